The van der Waals surface area contributed by atoms with E-state index in [0.717, 1.165) is 38.5 Å². The number of ether oxygens (including phenoxy) is 2. The number of rotatable bonds is 6. The number of carbonyl (C=O) groups is 3. The third-order valence-electron chi connectivity index (χ3n) is 7.07. The summed E-state index contributed by atoms with van der Waals surface area (Å²) in [6.45, 7) is 1.91. The van der Waals surface area contributed by atoms with Crippen LogP contribution < -0.4 is 15.4 Å². The average molecular weight is 558 g/mol. The number of carbonyl (C=O) groups excluding carboxylic acids is 3. The van der Waals surface area contributed by atoms with Crippen molar-refractivity contribution in [3.05, 3.63) is 71.2 Å². The van der Waals surface area contributed by atoms with E-state index >= 15 is 0 Å². The SMILES string of the molecule is CCOC(=O)c1cc2c(cc1C(=O)NC1CCc3nn(-c4ccnc5ccc(OC)cc45)cc3C1)NC(=O)CS2. The van der Waals surface area contributed by atoms with Crippen LogP contribution in [0.15, 0.2) is 53.7 Å². The molecule has 4 aromatic rings. The Balaban J connectivity index is 1.25. The molecule has 0 radical (unpaired) electrons. The van der Waals surface area contributed by atoms with Gasteiger partial charge in [0.2, 0.25) is 5.91 Å². The van der Waals surface area contributed by atoms with Gasteiger partial charge in [-0.3, -0.25) is 14.6 Å². The van der Waals surface area contributed by atoms with Crippen LogP contribution >= 0.6 is 11.8 Å². The highest BCUT2D eigenvalue weighted by molar-refractivity contribution is 8.00. The maximum atomic E-state index is 13.5. The summed E-state index contributed by atoms with van der Waals surface area (Å²) in [7, 11) is 1.63. The van der Waals surface area contributed by atoms with E-state index in [2.05, 4.69) is 15.6 Å². The Morgan fingerprint density at radius 1 is 1.20 bits per heavy atom. The van der Waals surface area contributed by atoms with Gasteiger partial charge in [-0.05, 0) is 68.1 Å². The van der Waals surface area contributed by atoms with Crippen molar-refractivity contribution < 1.29 is 23.9 Å². The molecule has 2 aliphatic rings. The van der Waals surface area contributed by atoms with Crippen molar-refractivity contribution in [2.24, 2.45) is 0 Å². The van der Waals surface area contributed by atoms with E-state index in [1.54, 1.807) is 32.4 Å². The Labute approximate surface area is 234 Å². The second kappa shape index (κ2) is 10.6. The molecule has 6 rings (SSSR count). The number of fused-ring (bicyclic) bond motifs is 3. The Hall–Kier alpha value is -4.38. The van der Waals surface area contributed by atoms with E-state index in [0.29, 0.717) is 24.9 Å². The predicted molar refractivity (Wildman–Crippen MR) is 150 cm³/mol. The van der Waals surface area contributed by atoms with Crippen molar-refractivity contribution in [2.45, 2.75) is 37.1 Å². The molecule has 3 heterocycles. The van der Waals surface area contributed by atoms with E-state index in [-0.39, 0.29) is 41.3 Å². The third-order valence-corrected chi connectivity index (χ3v) is 8.13. The van der Waals surface area contributed by atoms with Crippen molar-refractivity contribution in [3.63, 3.8) is 0 Å². The molecule has 11 heteroatoms. The molecule has 0 saturated heterocycles. The number of hydrogen-bond donors (Lipinski definition) is 2. The highest BCUT2D eigenvalue weighted by Crippen LogP contribution is 2.35. The van der Waals surface area contributed by atoms with Gasteiger partial charge in [-0.2, -0.15) is 5.10 Å². The molecule has 1 aliphatic heterocycles. The first-order valence-electron chi connectivity index (χ1n) is 13.0. The molecule has 2 amide bonds. The molecule has 1 unspecified atom stereocenters. The molecule has 2 N–H and O–H groups in total. The number of methoxy groups -OCH3 is 1. The number of pyridine rings is 1. The topological polar surface area (TPSA) is 124 Å². The van der Waals surface area contributed by atoms with Gasteiger partial charge in [0.25, 0.3) is 5.91 Å². The van der Waals surface area contributed by atoms with Gasteiger partial charge >= 0.3 is 5.97 Å². The summed E-state index contributed by atoms with van der Waals surface area (Å²) in [6.07, 6.45) is 5.75. The third kappa shape index (κ3) is 4.88. The fraction of sp³-hybridized carbons (Fsp3) is 0.276. The summed E-state index contributed by atoms with van der Waals surface area (Å²) >= 11 is 1.33. The van der Waals surface area contributed by atoms with E-state index in [4.69, 9.17) is 14.6 Å². The minimum absolute atomic E-state index is 0.148. The van der Waals surface area contributed by atoms with Gasteiger partial charge in [-0.25, -0.2) is 9.48 Å². The Bertz CT molecular complexity index is 1670. The first kappa shape index (κ1) is 25.9. The Morgan fingerprint density at radius 2 is 2.08 bits per heavy atom. The second-order valence-electron chi connectivity index (χ2n) is 9.62. The summed E-state index contributed by atoms with van der Waals surface area (Å²) < 4.78 is 12.5. The molecule has 2 aromatic heterocycles. The summed E-state index contributed by atoms with van der Waals surface area (Å²) in [5.41, 5.74) is 4.65. The van der Waals surface area contributed by atoms with Crippen molar-refractivity contribution in [1.29, 1.82) is 0 Å². The number of esters is 1. The highest BCUT2D eigenvalue weighted by atomic mass is 32.2. The number of anilines is 1. The molecule has 0 fully saturated rings. The molecule has 0 spiro atoms. The van der Waals surface area contributed by atoms with E-state index in [1.807, 2.05) is 35.1 Å². The lowest BCUT2D eigenvalue weighted by Gasteiger charge is -2.24. The molecule has 0 saturated carbocycles. The zero-order valence-corrected chi connectivity index (χ0v) is 22.8. The summed E-state index contributed by atoms with van der Waals surface area (Å²) in [5, 5.41) is 11.7. The van der Waals surface area contributed by atoms with Gasteiger partial charge in [0, 0.05) is 28.7 Å². The van der Waals surface area contributed by atoms with Crippen LogP contribution in [0, 0.1) is 0 Å². The normalized spacial score (nSPS) is 16.1. The standard InChI is InChI=1S/C29H27N5O5S/c1-3-39-29(37)20-13-26-24(32-27(35)15-40-26)12-19(20)28(36)31-17-4-6-22-16(10-17)14-34(33-22)25-8-9-30-23-7-5-18(38-2)11-21(23)25/h5,7-9,11-14,17H,3-4,6,10,15H2,1-2H3,(H,31,36)(H,32,35). The largest absolute Gasteiger partial charge is 0.497 e. The van der Waals surface area contributed by atoms with Gasteiger partial charge in [0.15, 0.2) is 0 Å². The molecule has 2 aromatic carbocycles. The lowest BCUT2D eigenvalue weighted by Crippen LogP contribution is -2.39. The zero-order chi connectivity index (χ0) is 27.8. The lowest BCUT2D eigenvalue weighted by molar-refractivity contribution is -0.113. The van der Waals surface area contributed by atoms with E-state index in [9.17, 15) is 14.4 Å². The van der Waals surface area contributed by atoms with Gasteiger partial charge in [-0.1, -0.05) is 0 Å². The van der Waals surface area contributed by atoms with Crippen molar-refractivity contribution >= 4 is 46.1 Å². The van der Waals surface area contributed by atoms with Crippen LogP contribution in [0.4, 0.5) is 5.69 Å². The second-order valence-corrected chi connectivity index (χ2v) is 10.6. The predicted octanol–water partition coefficient (Wildman–Crippen LogP) is 3.94. The molecule has 204 valence electrons. The molecular weight excluding hydrogens is 530 g/mol. The van der Waals surface area contributed by atoms with Crippen LogP contribution in [-0.4, -0.2) is 58.1 Å². The first-order chi connectivity index (χ1) is 19.4. The maximum absolute atomic E-state index is 13.5. The Morgan fingerprint density at radius 3 is 2.90 bits per heavy atom. The fourth-order valence-corrected chi connectivity index (χ4v) is 5.97. The molecule has 40 heavy (non-hydrogen) atoms. The van der Waals surface area contributed by atoms with Crippen LogP contribution in [0.2, 0.25) is 0 Å². The minimum Gasteiger partial charge on any atom is -0.497 e. The number of benzene rings is 2. The van der Waals surface area contributed by atoms with Crippen LogP contribution in [0.1, 0.15) is 45.3 Å². The van der Waals surface area contributed by atoms with Crippen LogP contribution in [-0.2, 0) is 22.4 Å². The number of nitrogens with zero attached hydrogens (tertiary/aromatic N) is 3. The fourth-order valence-electron chi connectivity index (χ4n) is 5.14. The lowest BCUT2D eigenvalue weighted by atomic mass is 9.93. The van der Waals surface area contributed by atoms with E-state index in [1.165, 1.54) is 11.8 Å². The average Bonchev–Trinajstić information content (AvgIpc) is 3.39. The number of thioether (sulfide) groups is 1. The van der Waals surface area contributed by atoms with Crippen LogP contribution in [0.5, 0.6) is 5.75 Å². The summed E-state index contributed by atoms with van der Waals surface area (Å²) in [6, 6.07) is 10.7. The van der Waals surface area contributed by atoms with Crippen LogP contribution in [0.3, 0.4) is 0 Å². The highest BCUT2D eigenvalue weighted by Gasteiger charge is 2.28. The van der Waals surface area contributed by atoms with Gasteiger partial charge < -0.3 is 20.1 Å². The number of aryl methyl sites for hydroxylation is 1. The van der Waals surface area contributed by atoms with E-state index < -0.39 is 5.97 Å². The van der Waals surface area contributed by atoms with Crippen molar-refractivity contribution in [1.82, 2.24) is 20.1 Å². The molecule has 1 atom stereocenters. The summed E-state index contributed by atoms with van der Waals surface area (Å²) in [5.74, 6) is -0.110. The van der Waals surface area contributed by atoms with Gasteiger partial charge in [0.1, 0.15) is 5.75 Å². The number of hydrogen-bond acceptors (Lipinski definition) is 8. The van der Waals surface area contributed by atoms with Crippen molar-refractivity contribution in [2.75, 3.05) is 24.8 Å². The number of nitrogens with one attached hydrogen (secondary N) is 2. The summed E-state index contributed by atoms with van der Waals surface area (Å²) in [4.78, 5) is 43.3. The molecule has 0 bridgehead atoms. The smallest absolute Gasteiger partial charge is 0.338 e. The number of aromatic nitrogens is 3. The molecule has 1 aliphatic carbocycles. The van der Waals surface area contributed by atoms with Crippen molar-refractivity contribution in [3.8, 4) is 11.4 Å². The van der Waals surface area contributed by atoms with Crippen LogP contribution in [0.25, 0.3) is 16.6 Å². The monoisotopic (exact) mass is 557 g/mol. The molecule has 10 nitrogen and oxygen atoms in total. The zero-order valence-electron chi connectivity index (χ0n) is 22.0. The molecular formula is C29H27N5O5S. The number of amides is 2. The Kier molecular flexibility index (Phi) is 6.89. The first-order valence-corrected chi connectivity index (χ1v) is 14.0. The quantitative estimate of drug-likeness (QED) is 0.342. The maximum Gasteiger partial charge on any atom is 0.338 e. The minimum atomic E-state index is -0.568. The van der Waals surface area contributed by atoms with Gasteiger partial charge in [0.05, 0.1) is 53.2 Å². The van der Waals surface area contributed by atoms with Gasteiger partial charge in [-0.15, -0.1) is 11.8 Å².